The number of rotatable bonds is 6. The van der Waals surface area contributed by atoms with Gasteiger partial charge in [-0.25, -0.2) is 0 Å². The van der Waals surface area contributed by atoms with Crippen LogP contribution in [0.5, 0.6) is 0 Å². The summed E-state index contributed by atoms with van der Waals surface area (Å²) in [6, 6.07) is 3.85. The van der Waals surface area contributed by atoms with Crippen LogP contribution in [0.1, 0.15) is 40.0 Å². The Bertz CT molecular complexity index is 804. The lowest BCUT2D eigenvalue weighted by atomic mass is 10.0. The topological polar surface area (TPSA) is 122 Å². The molecule has 0 radical (unpaired) electrons. The van der Waals surface area contributed by atoms with E-state index < -0.39 is 29.7 Å². The zero-order valence-electron chi connectivity index (χ0n) is 14.2. The molecular weight excluding hydrogens is 336 g/mol. The van der Waals surface area contributed by atoms with Gasteiger partial charge in [-0.15, -0.1) is 6.58 Å². The number of imide groups is 2. The van der Waals surface area contributed by atoms with E-state index in [1.807, 2.05) is 0 Å². The lowest BCUT2D eigenvalue weighted by Gasteiger charge is -2.27. The van der Waals surface area contributed by atoms with Crippen LogP contribution in [0.25, 0.3) is 0 Å². The summed E-state index contributed by atoms with van der Waals surface area (Å²) in [5.74, 6) is -2.07. The van der Waals surface area contributed by atoms with E-state index in [4.69, 9.17) is 5.73 Å². The Morgan fingerprint density at radius 2 is 2.00 bits per heavy atom. The lowest BCUT2D eigenvalue weighted by molar-refractivity contribution is -0.136. The average Bonchev–Trinajstić information content (AvgIpc) is 2.86. The van der Waals surface area contributed by atoms with Crippen LogP contribution in [0.3, 0.4) is 0 Å². The number of carbonyl (C=O) groups excluding carboxylic acids is 4. The van der Waals surface area contributed by atoms with Crippen molar-refractivity contribution in [3.63, 3.8) is 0 Å². The Morgan fingerprint density at radius 3 is 2.65 bits per heavy atom. The third-order valence-electron chi connectivity index (χ3n) is 4.55. The molecule has 0 saturated carbocycles. The van der Waals surface area contributed by atoms with Gasteiger partial charge in [0.15, 0.2) is 0 Å². The second-order valence-electron chi connectivity index (χ2n) is 6.31. The highest BCUT2D eigenvalue weighted by Crippen LogP contribution is 2.29. The molecule has 0 aliphatic carbocycles. The molecule has 0 aromatic heterocycles. The largest absolute Gasteiger partial charge is 0.381 e. The molecule has 3 rings (SSSR count). The fourth-order valence-electron chi connectivity index (χ4n) is 3.21. The van der Waals surface area contributed by atoms with Gasteiger partial charge < -0.3 is 11.1 Å². The molecule has 8 nitrogen and oxygen atoms in total. The fourth-order valence-corrected chi connectivity index (χ4v) is 3.21. The molecule has 136 valence electrons. The maximum Gasteiger partial charge on any atom is 0.262 e. The number of nitrogens with two attached hydrogens (primary N) is 1. The van der Waals surface area contributed by atoms with Gasteiger partial charge in [-0.3, -0.25) is 29.4 Å². The highest BCUT2D eigenvalue weighted by Gasteiger charge is 2.44. The van der Waals surface area contributed by atoms with Crippen molar-refractivity contribution in [3.05, 3.63) is 42.0 Å². The van der Waals surface area contributed by atoms with E-state index in [9.17, 15) is 19.2 Å². The number of nitrogens with zero attached hydrogens (tertiary/aromatic N) is 1. The first kappa shape index (κ1) is 17.8. The van der Waals surface area contributed by atoms with E-state index in [0.29, 0.717) is 18.7 Å². The van der Waals surface area contributed by atoms with Gasteiger partial charge in [-0.05, 0) is 31.0 Å². The number of piperidine rings is 1. The average molecular weight is 356 g/mol. The molecule has 1 aromatic carbocycles. The normalized spacial score (nSPS) is 20.7. The summed E-state index contributed by atoms with van der Waals surface area (Å²) in [4.78, 5) is 49.6. The number of benzene rings is 1. The number of hydrogen-bond acceptors (Lipinski definition) is 6. The lowest BCUT2D eigenvalue weighted by Crippen LogP contribution is -2.54. The standard InChI is InChI=1S/C18H20N4O4/c1-2-3-11(9-19)20-10-4-5-12-13(8-10)18(26)22(17(12)25)14-6-7-15(23)21-16(14)24/h2,4-5,8,11,14,20H,1,3,6-7,9,19H2,(H,21,23,24). The van der Waals surface area contributed by atoms with Crippen LogP contribution in [-0.2, 0) is 9.59 Å². The summed E-state index contributed by atoms with van der Waals surface area (Å²) in [5.41, 5.74) is 6.85. The Kier molecular flexibility index (Phi) is 4.85. The van der Waals surface area contributed by atoms with E-state index in [2.05, 4.69) is 17.2 Å². The molecular formula is C18H20N4O4. The third-order valence-corrected chi connectivity index (χ3v) is 4.55. The second-order valence-corrected chi connectivity index (χ2v) is 6.31. The smallest absolute Gasteiger partial charge is 0.262 e. The van der Waals surface area contributed by atoms with Gasteiger partial charge in [-0.2, -0.15) is 0 Å². The molecule has 2 aliphatic rings. The maximum atomic E-state index is 12.7. The molecule has 0 spiro atoms. The zero-order valence-corrected chi connectivity index (χ0v) is 14.2. The number of hydrogen-bond donors (Lipinski definition) is 3. The van der Waals surface area contributed by atoms with Crippen molar-refractivity contribution < 1.29 is 19.2 Å². The van der Waals surface area contributed by atoms with Crippen LogP contribution < -0.4 is 16.4 Å². The van der Waals surface area contributed by atoms with Gasteiger partial charge in [0.1, 0.15) is 6.04 Å². The minimum absolute atomic E-state index is 0.0380. The Morgan fingerprint density at radius 1 is 1.27 bits per heavy atom. The summed E-state index contributed by atoms with van der Waals surface area (Å²) in [7, 11) is 0. The Balaban J connectivity index is 1.85. The van der Waals surface area contributed by atoms with Crippen LogP contribution in [0.2, 0.25) is 0 Å². The van der Waals surface area contributed by atoms with Crippen LogP contribution in [-0.4, -0.2) is 47.2 Å². The van der Waals surface area contributed by atoms with Crippen LogP contribution >= 0.6 is 0 Å². The molecule has 0 bridgehead atoms. The molecule has 4 N–H and O–H groups in total. The highest BCUT2D eigenvalue weighted by molar-refractivity contribution is 6.23. The molecule has 2 aliphatic heterocycles. The molecule has 26 heavy (non-hydrogen) atoms. The molecule has 1 saturated heterocycles. The highest BCUT2D eigenvalue weighted by atomic mass is 16.2. The van der Waals surface area contributed by atoms with Gasteiger partial charge in [0, 0.05) is 24.7 Å². The van der Waals surface area contributed by atoms with Crippen molar-refractivity contribution in [2.45, 2.75) is 31.3 Å². The van der Waals surface area contributed by atoms with Crippen molar-refractivity contribution in [2.75, 3.05) is 11.9 Å². The molecule has 1 fully saturated rings. The molecule has 2 atom stereocenters. The van der Waals surface area contributed by atoms with Crippen molar-refractivity contribution in [1.29, 1.82) is 0 Å². The van der Waals surface area contributed by atoms with Gasteiger partial charge in [0.2, 0.25) is 11.8 Å². The Labute approximate surface area is 150 Å². The molecule has 2 heterocycles. The van der Waals surface area contributed by atoms with E-state index in [0.717, 1.165) is 4.90 Å². The molecule has 4 amide bonds. The first-order valence-corrected chi connectivity index (χ1v) is 8.39. The molecule has 8 heteroatoms. The quantitative estimate of drug-likeness (QED) is 0.501. The number of anilines is 1. The van der Waals surface area contributed by atoms with Crippen molar-refractivity contribution in [3.8, 4) is 0 Å². The maximum absolute atomic E-state index is 12.7. The van der Waals surface area contributed by atoms with Crippen LogP contribution in [0.15, 0.2) is 30.9 Å². The number of fused-ring (bicyclic) bond motifs is 1. The summed E-state index contributed by atoms with van der Waals surface area (Å²) in [5, 5.41) is 5.38. The van der Waals surface area contributed by atoms with Gasteiger partial charge in [0.25, 0.3) is 11.8 Å². The van der Waals surface area contributed by atoms with Crippen LogP contribution in [0.4, 0.5) is 5.69 Å². The first-order chi connectivity index (χ1) is 12.5. The summed E-state index contributed by atoms with van der Waals surface area (Å²) < 4.78 is 0. The summed E-state index contributed by atoms with van der Waals surface area (Å²) >= 11 is 0. The predicted molar refractivity (Wildman–Crippen MR) is 94.4 cm³/mol. The zero-order chi connectivity index (χ0) is 18.8. The number of amides is 4. The fraction of sp³-hybridized carbons (Fsp3) is 0.333. The van der Waals surface area contributed by atoms with Gasteiger partial charge in [-0.1, -0.05) is 6.08 Å². The van der Waals surface area contributed by atoms with Gasteiger partial charge in [0.05, 0.1) is 11.1 Å². The monoisotopic (exact) mass is 356 g/mol. The molecule has 2 unspecified atom stereocenters. The minimum Gasteiger partial charge on any atom is -0.381 e. The van der Waals surface area contributed by atoms with Crippen molar-refractivity contribution in [2.24, 2.45) is 5.73 Å². The van der Waals surface area contributed by atoms with E-state index in [1.165, 1.54) is 0 Å². The van der Waals surface area contributed by atoms with E-state index in [-0.39, 0.29) is 30.0 Å². The third kappa shape index (κ3) is 3.11. The van der Waals surface area contributed by atoms with Gasteiger partial charge >= 0.3 is 0 Å². The number of carbonyl (C=O) groups is 4. The minimum atomic E-state index is -0.964. The summed E-state index contributed by atoms with van der Waals surface area (Å²) in [6.07, 6.45) is 2.63. The van der Waals surface area contributed by atoms with Crippen molar-refractivity contribution in [1.82, 2.24) is 10.2 Å². The second kappa shape index (κ2) is 7.09. The first-order valence-electron chi connectivity index (χ1n) is 8.39. The summed E-state index contributed by atoms with van der Waals surface area (Å²) in [6.45, 7) is 4.07. The SMILES string of the molecule is C=CCC(CN)Nc1ccc2c(c1)C(=O)N(C1CCC(=O)NC1=O)C2=O. The van der Waals surface area contributed by atoms with Crippen LogP contribution in [0, 0.1) is 0 Å². The van der Waals surface area contributed by atoms with E-state index in [1.54, 1.807) is 24.3 Å². The predicted octanol–water partition coefficient (Wildman–Crippen LogP) is 0.403. The molecule has 1 aromatic rings. The van der Waals surface area contributed by atoms with E-state index >= 15 is 0 Å². The van der Waals surface area contributed by atoms with Crippen molar-refractivity contribution >= 4 is 29.3 Å². The number of nitrogens with one attached hydrogen (secondary N) is 2. The Hall–Kier alpha value is -3.00.